The van der Waals surface area contributed by atoms with E-state index in [4.69, 9.17) is 0 Å². The average molecular weight is 222 g/mol. The van der Waals surface area contributed by atoms with Crippen molar-refractivity contribution in [3.05, 3.63) is 59.7 Å². The molecule has 0 saturated carbocycles. The van der Waals surface area contributed by atoms with E-state index in [0.717, 1.165) is 34.8 Å². The van der Waals surface area contributed by atoms with Crippen molar-refractivity contribution in [2.45, 2.75) is 5.41 Å². The summed E-state index contributed by atoms with van der Waals surface area (Å²) in [4.78, 5) is 22.9. The highest BCUT2D eigenvalue weighted by Crippen LogP contribution is 2.46. The standard InChI is InChI=1S/C15H10O2/c16-9-15(10-17)13-7-3-1-5-11(13)12-6-2-4-8-14(12)15/h1-10H. The molecule has 0 heterocycles. The van der Waals surface area contributed by atoms with Gasteiger partial charge in [-0.25, -0.2) is 0 Å². The van der Waals surface area contributed by atoms with E-state index < -0.39 is 5.41 Å². The van der Waals surface area contributed by atoms with E-state index in [-0.39, 0.29) is 0 Å². The van der Waals surface area contributed by atoms with Gasteiger partial charge in [-0.3, -0.25) is 0 Å². The number of benzene rings is 2. The number of carbonyl (C=O) groups excluding carboxylic acids is 2. The second-order valence-electron chi connectivity index (χ2n) is 4.20. The highest BCUT2D eigenvalue weighted by Gasteiger charge is 2.42. The Morgan fingerprint density at radius 3 is 1.53 bits per heavy atom. The quantitative estimate of drug-likeness (QED) is 0.577. The van der Waals surface area contributed by atoms with Gasteiger partial charge in [0.15, 0.2) is 0 Å². The zero-order valence-corrected chi connectivity index (χ0v) is 9.09. The molecule has 2 heteroatoms. The minimum Gasteiger partial charge on any atom is -0.302 e. The lowest BCUT2D eigenvalue weighted by atomic mass is 9.81. The topological polar surface area (TPSA) is 34.1 Å². The van der Waals surface area contributed by atoms with Gasteiger partial charge >= 0.3 is 0 Å². The van der Waals surface area contributed by atoms with Crippen LogP contribution >= 0.6 is 0 Å². The minimum atomic E-state index is -1.12. The minimum absolute atomic E-state index is 0.741. The summed E-state index contributed by atoms with van der Waals surface area (Å²) >= 11 is 0. The molecule has 0 saturated heterocycles. The Kier molecular flexibility index (Phi) is 1.99. The Bertz CT molecular complexity index is 558. The Hall–Kier alpha value is -2.22. The van der Waals surface area contributed by atoms with Gasteiger partial charge in [0.1, 0.15) is 18.0 Å². The second-order valence-corrected chi connectivity index (χ2v) is 4.20. The average Bonchev–Trinajstić information content (AvgIpc) is 2.70. The predicted octanol–water partition coefficient (Wildman–Crippen LogP) is 2.35. The summed E-state index contributed by atoms with van der Waals surface area (Å²) in [6.45, 7) is 0. The number of hydrogen-bond acceptors (Lipinski definition) is 2. The molecule has 2 aromatic carbocycles. The van der Waals surface area contributed by atoms with Crippen LogP contribution in [0.5, 0.6) is 0 Å². The molecule has 0 unspecified atom stereocenters. The molecule has 0 atom stereocenters. The molecule has 1 aliphatic rings. The van der Waals surface area contributed by atoms with Gasteiger partial charge in [0, 0.05) is 0 Å². The van der Waals surface area contributed by atoms with E-state index in [2.05, 4.69) is 0 Å². The first-order valence-corrected chi connectivity index (χ1v) is 5.45. The third kappa shape index (κ3) is 1.10. The van der Waals surface area contributed by atoms with Crippen molar-refractivity contribution in [3.8, 4) is 11.1 Å². The highest BCUT2D eigenvalue weighted by atomic mass is 16.1. The zero-order chi connectivity index (χ0) is 11.9. The lowest BCUT2D eigenvalue weighted by Crippen LogP contribution is -2.28. The number of carbonyl (C=O) groups is 2. The van der Waals surface area contributed by atoms with Crippen LogP contribution in [0.25, 0.3) is 11.1 Å². The molecular formula is C15H10O2. The molecule has 0 amide bonds. The molecular weight excluding hydrogens is 212 g/mol. The van der Waals surface area contributed by atoms with E-state index >= 15 is 0 Å². The molecule has 1 aliphatic carbocycles. The zero-order valence-electron chi connectivity index (χ0n) is 9.09. The van der Waals surface area contributed by atoms with E-state index in [1.165, 1.54) is 0 Å². The maximum Gasteiger partial charge on any atom is 0.142 e. The third-order valence-electron chi connectivity index (χ3n) is 3.41. The summed E-state index contributed by atoms with van der Waals surface area (Å²) in [7, 11) is 0. The fourth-order valence-corrected chi connectivity index (χ4v) is 2.58. The number of hydrogen-bond donors (Lipinski definition) is 0. The molecule has 0 aromatic heterocycles. The fraction of sp³-hybridized carbons (Fsp3) is 0.0667. The van der Waals surface area contributed by atoms with Gasteiger partial charge in [0.05, 0.1) is 0 Å². The molecule has 0 aliphatic heterocycles. The van der Waals surface area contributed by atoms with Gasteiger partial charge in [0.25, 0.3) is 0 Å². The maximum atomic E-state index is 11.5. The lowest BCUT2D eigenvalue weighted by molar-refractivity contribution is -0.119. The first kappa shape index (κ1) is 9.97. The van der Waals surface area contributed by atoms with Crippen molar-refractivity contribution in [1.82, 2.24) is 0 Å². The Balaban J connectivity index is 2.46. The maximum absolute atomic E-state index is 11.5. The van der Waals surface area contributed by atoms with Crippen molar-refractivity contribution in [3.63, 3.8) is 0 Å². The van der Waals surface area contributed by atoms with Crippen molar-refractivity contribution in [1.29, 1.82) is 0 Å². The van der Waals surface area contributed by atoms with Gasteiger partial charge in [-0.1, -0.05) is 48.5 Å². The predicted molar refractivity (Wildman–Crippen MR) is 64.8 cm³/mol. The summed E-state index contributed by atoms with van der Waals surface area (Å²) in [5.41, 5.74) is 2.40. The van der Waals surface area contributed by atoms with E-state index in [0.29, 0.717) is 0 Å². The van der Waals surface area contributed by atoms with Crippen LogP contribution < -0.4 is 0 Å². The number of aldehydes is 2. The van der Waals surface area contributed by atoms with Gasteiger partial charge in [-0.15, -0.1) is 0 Å². The SMILES string of the molecule is O=CC1(C=O)c2ccccc2-c2ccccc21. The summed E-state index contributed by atoms with van der Waals surface area (Å²) in [6.07, 6.45) is 1.48. The molecule has 0 N–H and O–H groups in total. The first-order chi connectivity index (χ1) is 8.33. The van der Waals surface area contributed by atoms with Gasteiger partial charge in [-0.05, 0) is 22.3 Å². The normalized spacial score (nSPS) is 14.8. The van der Waals surface area contributed by atoms with Gasteiger partial charge in [-0.2, -0.15) is 0 Å². The molecule has 3 rings (SSSR count). The Labute approximate surface area is 98.9 Å². The van der Waals surface area contributed by atoms with Crippen LogP contribution in [0.4, 0.5) is 0 Å². The van der Waals surface area contributed by atoms with Crippen LogP contribution in [0.15, 0.2) is 48.5 Å². The molecule has 82 valence electrons. The molecule has 2 aromatic rings. The number of rotatable bonds is 2. The molecule has 0 bridgehead atoms. The number of fused-ring (bicyclic) bond motifs is 3. The highest BCUT2D eigenvalue weighted by molar-refractivity contribution is 6.05. The largest absolute Gasteiger partial charge is 0.302 e. The lowest BCUT2D eigenvalue weighted by Gasteiger charge is -2.17. The van der Waals surface area contributed by atoms with Crippen molar-refractivity contribution >= 4 is 12.6 Å². The van der Waals surface area contributed by atoms with Crippen LogP contribution in [-0.2, 0) is 15.0 Å². The summed E-state index contributed by atoms with van der Waals surface area (Å²) in [5, 5.41) is 0. The summed E-state index contributed by atoms with van der Waals surface area (Å²) < 4.78 is 0. The van der Waals surface area contributed by atoms with E-state index in [1.54, 1.807) is 0 Å². The smallest absolute Gasteiger partial charge is 0.142 e. The fourth-order valence-electron chi connectivity index (χ4n) is 2.58. The summed E-state index contributed by atoms with van der Waals surface area (Å²) in [5.74, 6) is 0. The van der Waals surface area contributed by atoms with Gasteiger partial charge in [0.2, 0.25) is 0 Å². The van der Waals surface area contributed by atoms with E-state index in [9.17, 15) is 9.59 Å². The third-order valence-corrected chi connectivity index (χ3v) is 3.41. The van der Waals surface area contributed by atoms with Crippen molar-refractivity contribution in [2.75, 3.05) is 0 Å². The van der Waals surface area contributed by atoms with Crippen LogP contribution in [0.1, 0.15) is 11.1 Å². The second kappa shape index (κ2) is 3.39. The Morgan fingerprint density at radius 1 is 0.706 bits per heavy atom. The van der Waals surface area contributed by atoms with Crippen LogP contribution in [-0.4, -0.2) is 12.6 Å². The first-order valence-electron chi connectivity index (χ1n) is 5.45. The monoisotopic (exact) mass is 222 g/mol. The van der Waals surface area contributed by atoms with Crippen LogP contribution in [0.2, 0.25) is 0 Å². The van der Waals surface area contributed by atoms with Crippen LogP contribution in [0.3, 0.4) is 0 Å². The van der Waals surface area contributed by atoms with Gasteiger partial charge < -0.3 is 9.59 Å². The van der Waals surface area contributed by atoms with Crippen molar-refractivity contribution in [2.24, 2.45) is 0 Å². The van der Waals surface area contributed by atoms with E-state index in [1.807, 2.05) is 48.5 Å². The molecule has 0 spiro atoms. The molecule has 2 nitrogen and oxygen atoms in total. The molecule has 17 heavy (non-hydrogen) atoms. The van der Waals surface area contributed by atoms with Crippen LogP contribution in [0, 0.1) is 0 Å². The Morgan fingerprint density at radius 2 is 1.12 bits per heavy atom. The van der Waals surface area contributed by atoms with Crippen molar-refractivity contribution < 1.29 is 9.59 Å². The molecule has 0 fully saturated rings. The molecule has 0 radical (unpaired) electrons. The summed E-state index contributed by atoms with van der Waals surface area (Å²) in [6, 6.07) is 15.1.